The molecule has 0 atom stereocenters. The number of amides is 2. The summed E-state index contributed by atoms with van der Waals surface area (Å²) in [5.74, 6) is -0.953. The molecule has 0 spiro atoms. The zero-order valence-corrected chi connectivity index (χ0v) is 14.4. The number of aromatic nitrogens is 1. The number of carbonyl (C=O) groups excluding carboxylic acids is 3. The summed E-state index contributed by atoms with van der Waals surface area (Å²) in [5.41, 5.74) is 1.52. The molecule has 2 heterocycles. The second-order valence-electron chi connectivity index (χ2n) is 5.95. The molecule has 1 aromatic heterocycles. The number of pyridine rings is 1. The highest BCUT2D eigenvalue weighted by atomic mass is 16.5. The second kappa shape index (κ2) is 7.77. The highest BCUT2D eigenvalue weighted by Gasteiger charge is 2.20. The Bertz CT molecular complexity index is 827. The molecule has 0 saturated carbocycles. The molecule has 0 aliphatic carbocycles. The van der Waals surface area contributed by atoms with E-state index < -0.39 is 11.9 Å². The average Bonchev–Trinajstić information content (AvgIpc) is 3.22. The van der Waals surface area contributed by atoms with Gasteiger partial charge >= 0.3 is 5.97 Å². The van der Waals surface area contributed by atoms with Gasteiger partial charge in [0.2, 0.25) is 0 Å². The number of hydrogen-bond donors (Lipinski definition) is 1. The number of benzene rings is 1. The van der Waals surface area contributed by atoms with Crippen molar-refractivity contribution in [3.05, 3.63) is 59.4 Å². The van der Waals surface area contributed by atoms with Crippen LogP contribution in [0.15, 0.2) is 42.6 Å². The number of nitrogens with one attached hydrogen (secondary N) is 1. The van der Waals surface area contributed by atoms with Crippen molar-refractivity contribution in [2.45, 2.75) is 12.8 Å². The summed E-state index contributed by atoms with van der Waals surface area (Å²) in [6.07, 6.45) is 3.47. The van der Waals surface area contributed by atoms with Crippen LogP contribution in [0.5, 0.6) is 0 Å². The van der Waals surface area contributed by atoms with Gasteiger partial charge in [-0.2, -0.15) is 0 Å². The van der Waals surface area contributed by atoms with E-state index in [-0.39, 0.29) is 11.6 Å². The highest BCUT2D eigenvalue weighted by molar-refractivity contribution is 6.05. The van der Waals surface area contributed by atoms with Crippen molar-refractivity contribution in [1.29, 1.82) is 0 Å². The summed E-state index contributed by atoms with van der Waals surface area (Å²) in [6.45, 7) is 1.49. The summed E-state index contributed by atoms with van der Waals surface area (Å²) >= 11 is 0. The van der Waals surface area contributed by atoms with Gasteiger partial charge in [0.05, 0.1) is 12.7 Å². The quantitative estimate of drug-likeness (QED) is 0.853. The number of rotatable bonds is 4. The van der Waals surface area contributed by atoms with Crippen LogP contribution in [0.1, 0.15) is 44.0 Å². The van der Waals surface area contributed by atoms with Gasteiger partial charge in [0.1, 0.15) is 5.69 Å². The van der Waals surface area contributed by atoms with E-state index in [1.165, 1.54) is 19.4 Å². The molecular weight excluding hydrogens is 334 g/mol. The number of nitrogens with zero attached hydrogens (tertiary/aromatic N) is 2. The number of esters is 1. The van der Waals surface area contributed by atoms with Crippen molar-refractivity contribution in [3.63, 3.8) is 0 Å². The minimum atomic E-state index is -0.447. The Morgan fingerprint density at radius 1 is 1.04 bits per heavy atom. The number of carbonyl (C=O) groups is 3. The van der Waals surface area contributed by atoms with E-state index in [9.17, 15) is 14.4 Å². The lowest BCUT2D eigenvalue weighted by atomic mass is 10.2. The predicted molar refractivity (Wildman–Crippen MR) is 95.1 cm³/mol. The van der Waals surface area contributed by atoms with Crippen molar-refractivity contribution >= 4 is 23.5 Å². The van der Waals surface area contributed by atoms with Crippen LogP contribution in [-0.4, -0.2) is 47.9 Å². The Balaban J connectivity index is 1.70. The van der Waals surface area contributed by atoms with Gasteiger partial charge in [0, 0.05) is 30.5 Å². The smallest absolute Gasteiger partial charge is 0.337 e. The van der Waals surface area contributed by atoms with Gasteiger partial charge in [-0.1, -0.05) is 0 Å². The topological polar surface area (TPSA) is 88.6 Å². The van der Waals surface area contributed by atoms with Crippen LogP contribution in [0.25, 0.3) is 0 Å². The fourth-order valence-electron chi connectivity index (χ4n) is 2.79. The van der Waals surface area contributed by atoms with Gasteiger partial charge < -0.3 is 15.0 Å². The molecule has 1 aliphatic heterocycles. The molecular formula is C19H19N3O4. The van der Waals surface area contributed by atoms with E-state index in [2.05, 4.69) is 15.0 Å². The zero-order chi connectivity index (χ0) is 18.5. The Labute approximate surface area is 151 Å². The van der Waals surface area contributed by atoms with Crippen LogP contribution in [0.3, 0.4) is 0 Å². The van der Waals surface area contributed by atoms with Crippen LogP contribution in [0.4, 0.5) is 5.69 Å². The van der Waals surface area contributed by atoms with Crippen LogP contribution in [0.2, 0.25) is 0 Å². The maximum Gasteiger partial charge on any atom is 0.337 e. The third-order valence-corrected chi connectivity index (χ3v) is 4.20. The number of anilines is 1. The third-order valence-electron chi connectivity index (χ3n) is 4.20. The van der Waals surface area contributed by atoms with Gasteiger partial charge in [-0.05, 0) is 49.2 Å². The Kier molecular flexibility index (Phi) is 5.26. The largest absolute Gasteiger partial charge is 0.465 e. The summed E-state index contributed by atoms with van der Waals surface area (Å²) in [7, 11) is 1.31. The molecule has 3 rings (SSSR count). The molecule has 2 amide bonds. The van der Waals surface area contributed by atoms with Crippen LogP contribution >= 0.6 is 0 Å². The van der Waals surface area contributed by atoms with Crippen LogP contribution in [-0.2, 0) is 4.74 Å². The number of ether oxygens (including phenoxy) is 1. The third kappa shape index (κ3) is 3.88. The molecule has 0 radical (unpaired) electrons. The average molecular weight is 353 g/mol. The standard InChI is InChI=1S/C19H19N3O4/c1-26-19(25)13-4-6-15(7-5-13)21-17(23)16-12-14(8-9-20-16)18(24)22-10-2-3-11-22/h4-9,12H,2-3,10-11H2,1H3,(H,21,23). The fraction of sp³-hybridized carbons (Fsp3) is 0.263. The van der Waals surface area contributed by atoms with Gasteiger partial charge in [-0.25, -0.2) is 4.79 Å². The monoisotopic (exact) mass is 353 g/mol. The van der Waals surface area contributed by atoms with Crippen molar-refractivity contribution in [2.24, 2.45) is 0 Å². The van der Waals surface area contributed by atoms with Gasteiger partial charge in [0.15, 0.2) is 0 Å². The van der Waals surface area contributed by atoms with E-state index in [1.54, 1.807) is 35.2 Å². The van der Waals surface area contributed by atoms with E-state index in [1.807, 2.05) is 0 Å². The fourth-order valence-corrected chi connectivity index (χ4v) is 2.79. The molecule has 1 N–H and O–H groups in total. The van der Waals surface area contributed by atoms with Gasteiger partial charge in [-0.3, -0.25) is 14.6 Å². The first-order valence-electron chi connectivity index (χ1n) is 8.33. The SMILES string of the molecule is COC(=O)c1ccc(NC(=O)c2cc(C(=O)N3CCCC3)ccn2)cc1. The minimum absolute atomic E-state index is 0.0821. The first-order valence-corrected chi connectivity index (χ1v) is 8.33. The summed E-state index contributed by atoms with van der Waals surface area (Å²) < 4.78 is 4.63. The van der Waals surface area contributed by atoms with Crippen molar-refractivity contribution in [3.8, 4) is 0 Å². The molecule has 1 fully saturated rings. The predicted octanol–water partition coefficient (Wildman–Crippen LogP) is 2.36. The van der Waals surface area contributed by atoms with Crippen molar-refractivity contribution in [1.82, 2.24) is 9.88 Å². The summed E-state index contributed by atoms with van der Waals surface area (Å²) in [4.78, 5) is 42.1. The van der Waals surface area contributed by atoms with E-state index >= 15 is 0 Å². The van der Waals surface area contributed by atoms with Gasteiger partial charge in [-0.15, -0.1) is 0 Å². The lowest BCUT2D eigenvalue weighted by molar-refractivity contribution is 0.0600. The maximum atomic E-state index is 12.4. The second-order valence-corrected chi connectivity index (χ2v) is 5.95. The summed E-state index contributed by atoms with van der Waals surface area (Å²) in [5, 5.41) is 2.70. The Morgan fingerprint density at radius 3 is 2.38 bits per heavy atom. The molecule has 7 nitrogen and oxygen atoms in total. The molecule has 2 aromatic rings. The van der Waals surface area contributed by atoms with E-state index in [0.29, 0.717) is 16.8 Å². The van der Waals surface area contributed by atoms with E-state index in [0.717, 1.165) is 25.9 Å². The minimum Gasteiger partial charge on any atom is -0.465 e. The molecule has 0 bridgehead atoms. The zero-order valence-electron chi connectivity index (χ0n) is 14.4. The van der Waals surface area contributed by atoms with Crippen molar-refractivity contribution in [2.75, 3.05) is 25.5 Å². The van der Waals surface area contributed by atoms with E-state index in [4.69, 9.17) is 0 Å². The lowest BCUT2D eigenvalue weighted by Gasteiger charge is -2.15. The summed E-state index contributed by atoms with van der Waals surface area (Å²) in [6, 6.07) is 9.43. The number of methoxy groups -OCH3 is 1. The van der Waals surface area contributed by atoms with Crippen LogP contribution in [0, 0.1) is 0 Å². The maximum absolute atomic E-state index is 12.4. The molecule has 1 saturated heterocycles. The van der Waals surface area contributed by atoms with Crippen LogP contribution < -0.4 is 5.32 Å². The Morgan fingerprint density at radius 2 is 1.73 bits per heavy atom. The molecule has 26 heavy (non-hydrogen) atoms. The number of hydrogen-bond acceptors (Lipinski definition) is 5. The molecule has 7 heteroatoms. The first kappa shape index (κ1) is 17.6. The highest BCUT2D eigenvalue weighted by Crippen LogP contribution is 2.15. The molecule has 0 unspecified atom stereocenters. The molecule has 1 aliphatic rings. The van der Waals surface area contributed by atoms with Crippen molar-refractivity contribution < 1.29 is 19.1 Å². The Hall–Kier alpha value is -3.22. The normalized spacial score (nSPS) is 13.3. The first-order chi connectivity index (χ1) is 12.6. The van der Waals surface area contributed by atoms with Gasteiger partial charge in [0.25, 0.3) is 11.8 Å². The molecule has 1 aromatic carbocycles. The lowest BCUT2D eigenvalue weighted by Crippen LogP contribution is -2.28. The molecule has 134 valence electrons. The number of likely N-dealkylation sites (tertiary alicyclic amines) is 1.